The highest BCUT2D eigenvalue weighted by molar-refractivity contribution is 9.10. The number of nitrogens with one attached hydrogen (secondary N) is 1. The summed E-state index contributed by atoms with van der Waals surface area (Å²) in [6.07, 6.45) is 0. The van der Waals surface area contributed by atoms with Crippen LogP contribution >= 0.6 is 15.9 Å². The largest absolute Gasteiger partial charge is 0.493 e. The minimum absolute atomic E-state index is 0.312. The van der Waals surface area contributed by atoms with E-state index in [0.717, 1.165) is 23.1 Å². The number of ether oxygens (including phenoxy) is 2. The summed E-state index contributed by atoms with van der Waals surface area (Å²) in [6.45, 7) is 6.73. The molecule has 1 aromatic heterocycles. The van der Waals surface area contributed by atoms with E-state index in [1.54, 1.807) is 26.4 Å². The van der Waals surface area contributed by atoms with Crippen molar-refractivity contribution in [1.82, 2.24) is 10.2 Å². The molecule has 1 saturated heterocycles. The zero-order valence-corrected chi connectivity index (χ0v) is 17.6. The number of piperazine rings is 1. The molecule has 1 fully saturated rings. The van der Waals surface area contributed by atoms with Crippen LogP contribution in [0.25, 0.3) is 11.3 Å². The van der Waals surface area contributed by atoms with Crippen LogP contribution in [-0.4, -0.2) is 44.3 Å². The van der Waals surface area contributed by atoms with Gasteiger partial charge in [0.15, 0.2) is 11.5 Å². The van der Waals surface area contributed by atoms with Gasteiger partial charge in [-0.2, -0.15) is 0 Å². The molecule has 1 aromatic carbocycles. The predicted octanol–water partition coefficient (Wildman–Crippen LogP) is 3.27. The fourth-order valence-electron chi connectivity index (χ4n) is 3.29. The predicted molar refractivity (Wildman–Crippen MR) is 109 cm³/mol. The van der Waals surface area contributed by atoms with Gasteiger partial charge in [0.25, 0.3) is 0 Å². The molecule has 6 nitrogen and oxygen atoms in total. The Bertz CT molecular complexity index is 868. The molecule has 0 spiro atoms. The van der Waals surface area contributed by atoms with Crippen molar-refractivity contribution in [1.29, 1.82) is 0 Å². The van der Waals surface area contributed by atoms with Gasteiger partial charge in [0.05, 0.1) is 19.8 Å². The van der Waals surface area contributed by atoms with Crippen molar-refractivity contribution in [3.8, 4) is 22.8 Å². The van der Waals surface area contributed by atoms with Crippen LogP contribution in [0.2, 0.25) is 0 Å². The summed E-state index contributed by atoms with van der Waals surface area (Å²) in [4.78, 5) is 14.9. The Morgan fingerprint density at radius 1 is 1.22 bits per heavy atom. The van der Waals surface area contributed by atoms with E-state index in [2.05, 4.69) is 40.0 Å². The van der Waals surface area contributed by atoms with E-state index in [9.17, 15) is 4.79 Å². The second kappa shape index (κ2) is 8.46. The first-order valence-corrected chi connectivity index (χ1v) is 9.74. The van der Waals surface area contributed by atoms with Crippen LogP contribution in [0, 0.1) is 0 Å². The van der Waals surface area contributed by atoms with Gasteiger partial charge in [0.1, 0.15) is 5.76 Å². The van der Waals surface area contributed by atoms with Crippen molar-refractivity contribution < 1.29 is 13.9 Å². The Morgan fingerprint density at radius 3 is 2.59 bits per heavy atom. The third kappa shape index (κ3) is 4.36. The lowest BCUT2D eigenvalue weighted by molar-refractivity contribution is 0.137. The average molecular weight is 437 g/mol. The Labute approximate surface area is 167 Å². The number of benzene rings is 1. The highest BCUT2D eigenvalue weighted by Crippen LogP contribution is 2.38. The van der Waals surface area contributed by atoms with Crippen LogP contribution in [0.1, 0.15) is 19.4 Å². The van der Waals surface area contributed by atoms with Gasteiger partial charge in [0.2, 0.25) is 0 Å². The second-order valence-corrected chi connectivity index (χ2v) is 7.74. The van der Waals surface area contributed by atoms with Crippen molar-refractivity contribution in [2.75, 3.05) is 27.3 Å². The van der Waals surface area contributed by atoms with E-state index in [0.29, 0.717) is 41.5 Å². The quantitative estimate of drug-likeness (QED) is 0.775. The van der Waals surface area contributed by atoms with Gasteiger partial charge in [-0.1, -0.05) is 0 Å². The van der Waals surface area contributed by atoms with Crippen molar-refractivity contribution in [2.24, 2.45) is 0 Å². The van der Waals surface area contributed by atoms with Gasteiger partial charge in [0, 0.05) is 41.8 Å². The van der Waals surface area contributed by atoms with Gasteiger partial charge in [-0.25, -0.2) is 4.79 Å². The van der Waals surface area contributed by atoms with Crippen LogP contribution < -0.4 is 20.4 Å². The molecular formula is C20H25BrN2O4. The molecule has 146 valence electrons. The molecule has 27 heavy (non-hydrogen) atoms. The summed E-state index contributed by atoms with van der Waals surface area (Å²) in [7, 11) is 3.15. The molecule has 2 heterocycles. The number of hydrogen-bond acceptors (Lipinski definition) is 6. The maximum Gasteiger partial charge on any atom is 0.340 e. The normalized spacial score (nSPS) is 20.5. The molecule has 1 N–H and O–H groups in total. The first-order valence-electron chi connectivity index (χ1n) is 8.95. The van der Waals surface area contributed by atoms with E-state index in [1.807, 2.05) is 12.1 Å². The Kier molecular flexibility index (Phi) is 6.24. The fraction of sp³-hybridized carbons (Fsp3) is 0.450. The molecule has 0 radical (unpaired) electrons. The lowest BCUT2D eigenvalue weighted by Crippen LogP contribution is -2.54. The Hall–Kier alpha value is -1.83. The van der Waals surface area contributed by atoms with Crippen LogP contribution in [0.5, 0.6) is 11.5 Å². The molecule has 1 aliphatic heterocycles. The lowest BCUT2D eigenvalue weighted by atomic mass is 10.1. The molecule has 2 atom stereocenters. The summed E-state index contributed by atoms with van der Waals surface area (Å²) >= 11 is 3.51. The molecule has 3 rings (SSSR count). The third-order valence-electron chi connectivity index (χ3n) is 4.91. The number of halogens is 1. The standard InChI is InChI=1S/C20H25BrN2O4/c1-12-10-23(13(2)9-22-12)11-14-5-6-17(27-20(14)24)15-7-18(25-3)19(26-4)8-16(15)21/h5-8,12-13,22H,9-11H2,1-4H3/t12-,13+/m1/s1. The van der Waals surface area contributed by atoms with Gasteiger partial charge >= 0.3 is 5.63 Å². The first kappa shape index (κ1) is 19.9. The van der Waals surface area contributed by atoms with Crippen LogP contribution in [-0.2, 0) is 6.54 Å². The highest BCUT2D eigenvalue weighted by Gasteiger charge is 2.23. The molecule has 0 saturated carbocycles. The number of nitrogens with zero attached hydrogens (tertiary/aromatic N) is 1. The van der Waals surface area contributed by atoms with E-state index >= 15 is 0 Å². The van der Waals surface area contributed by atoms with Gasteiger partial charge in [-0.15, -0.1) is 0 Å². The molecule has 0 unspecified atom stereocenters. The van der Waals surface area contributed by atoms with Crippen LogP contribution in [0.4, 0.5) is 0 Å². The van der Waals surface area contributed by atoms with Crippen molar-refractivity contribution in [3.05, 3.63) is 44.7 Å². The Balaban J connectivity index is 1.88. The first-order chi connectivity index (χ1) is 12.9. The lowest BCUT2D eigenvalue weighted by Gasteiger charge is -2.37. The van der Waals surface area contributed by atoms with Crippen LogP contribution in [0.15, 0.2) is 37.9 Å². The zero-order chi connectivity index (χ0) is 19.6. The maximum absolute atomic E-state index is 12.6. The molecule has 2 aromatic rings. The van der Waals surface area contributed by atoms with Crippen molar-refractivity contribution in [3.63, 3.8) is 0 Å². The number of rotatable bonds is 5. The van der Waals surface area contributed by atoms with Gasteiger partial charge < -0.3 is 19.2 Å². The highest BCUT2D eigenvalue weighted by atomic mass is 79.9. The molecule has 7 heteroatoms. The summed E-state index contributed by atoms with van der Waals surface area (Å²) < 4.78 is 17.0. The molecule has 0 bridgehead atoms. The molecule has 0 aliphatic carbocycles. The fourth-order valence-corrected chi connectivity index (χ4v) is 3.80. The minimum atomic E-state index is -0.312. The molecule has 0 amide bonds. The topological polar surface area (TPSA) is 63.9 Å². The number of hydrogen-bond donors (Lipinski definition) is 1. The second-order valence-electron chi connectivity index (χ2n) is 6.89. The molecule has 1 aliphatic rings. The monoisotopic (exact) mass is 436 g/mol. The molecular weight excluding hydrogens is 412 g/mol. The SMILES string of the molecule is COc1cc(Br)c(-c2ccc(CN3C[C@@H](C)NC[C@@H]3C)c(=O)o2)cc1OC. The van der Waals surface area contributed by atoms with E-state index in [4.69, 9.17) is 13.9 Å². The van der Waals surface area contributed by atoms with Crippen molar-refractivity contribution in [2.45, 2.75) is 32.5 Å². The smallest absolute Gasteiger partial charge is 0.340 e. The average Bonchev–Trinajstić information content (AvgIpc) is 2.66. The summed E-state index contributed by atoms with van der Waals surface area (Å²) in [6, 6.07) is 8.06. The van der Waals surface area contributed by atoms with E-state index < -0.39 is 0 Å². The maximum atomic E-state index is 12.6. The summed E-state index contributed by atoms with van der Waals surface area (Å²) in [5, 5.41) is 3.45. The summed E-state index contributed by atoms with van der Waals surface area (Å²) in [5.41, 5.74) is 1.09. The van der Waals surface area contributed by atoms with E-state index in [-0.39, 0.29) is 5.63 Å². The van der Waals surface area contributed by atoms with E-state index in [1.165, 1.54) is 0 Å². The third-order valence-corrected chi connectivity index (χ3v) is 5.56. The van der Waals surface area contributed by atoms with Crippen molar-refractivity contribution >= 4 is 15.9 Å². The summed E-state index contributed by atoms with van der Waals surface area (Å²) in [5.74, 6) is 1.67. The Morgan fingerprint density at radius 2 is 1.93 bits per heavy atom. The minimum Gasteiger partial charge on any atom is -0.493 e. The number of methoxy groups -OCH3 is 2. The van der Waals surface area contributed by atoms with Crippen LogP contribution in [0.3, 0.4) is 0 Å². The zero-order valence-electron chi connectivity index (χ0n) is 16.0. The van der Waals surface area contributed by atoms with Gasteiger partial charge in [-0.3, -0.25) is 4.90 Å². The van der Waals surface area contributed by atoms with Gasteiger partial charge in [-0.05, 0) is 54.0 Å².